The smallest absolute Gasteiger partial charge is 0.00310 e. The van der Waals surface area contributed by atoms with Crippen molar-refractivity contribution in [3.05, 3.63) is 12.3 Å². The highest BCUT2D eigenvalue weighted by Gasteiger charge is 1.94. The van der Waals surface area contributed by atoms with Crippen molar-refractivity contribution < 1.29 is 0 Å². The number of allylic oxidation sites excluding steroid dienone is 1. The Hall–Kier alpha value is -0.460. The fourth-order valence-electron chi connectivity index (χ4n) is 2.13. The van der Waals surface area contributed by atoms with Gasteiger partial charge in [0.1, 0.15) is 0 Å². The van der Waals surface area contributed by atoms with E-state index in [1.165, 1.54) is 76.3 Å². The Morgan fingerprint density at radius 2 is 1.18 bits per heavy atom. The molecule has 0 fully saturated rings. The minimum Gasteiger partial charge on any atom is -0.392 e. The predicted octanol–water partition coefficient (Wildman–Crippen LogP) is 5.42. The van der Waals surface area contributed by atoms with Gasteiger partial charge in [0, 0.05) is 12.7 Å². The summed E-state index contributed by atoms with van der Waals surface area (Å²) in [4.78, 5) is 0. The van der Waals surface area contributed by atoms with Crippen LogP contribution in [0.4, 0.5) is 0 Å². The Morgan fingerprint density at radius 1 is 0.765 bits per heavy atom. The third-order valence-corrected chi connectivity index (χ3v) is 3.44. The first-order valence-electron chi connectivity index (χ1n) is 7.66. The van der Waals surface area contributed by atoms with Crippen LogP contribution in [0, 0.1) is 0 Å². The summed E-state index contributed by atoms with van der Waals surface area (Å²) in [5.74, 6) is 0. The third-order valence-electron chi connectivity index (χ3n) is 3.44. The molecular formula is C16H33N. The van der Waals surface area contributed by atoms with Gasteiger partial charge in [-0.1, -0.05) is 77.7 Å². The van der Waals surface area contributed by atoms with Gasteiger partial charge in [0.15, 0.2) is 0 Å². The van der Waals surface area contributed by atoms with Gasteiger partial charge in [0.25, 0.3) is 0 Å². The zero-order valence-electron chi connectivity index (χ0n) is 12.2. The quantitative estimate of drug-likeness (QED) is 0.423. The van der Waals surface area contributed by atoms with Gasteiger partial charge in [0.05, 0.1) is 0 Å². The zero-order chi connectivity index (χ0) is 12.8. The summed E-state index contributed by atoms with van der Waals surface area (Å²) in [6, 6.07) is 0. The van der Waals surface area contributed by atoms with Gasteiger partial charge in [-0.25, -0.2) is 0 Å². The molecule has 102 valence electrons. The largest absolute Gasteiger partial charge is 0.392 e. The van der Waals surface area contributed by atoms with E-state index in [0.717, 1.165) is 6.42 Å². The summed E-state index contributed by atoms with van der Waals surface area (Å²) in [7, 11) is 1.96. The summed E-state index contributed by atoms with van der Waals surface area (Å²) in [6.07, 6.45) is 16.7. The van der Waals surface area contributed by atoms with Gasteiger partial charge in [-0.15, -0.1) is 0 Å². The molecule has 0 unspecified atom stereocenters. The molecule has 0 radical (unpaired) electrons. The molecule has 0 saturated carbocycles. The molecule has 0 spiro atoms. The first-order valence-corrected chi connectivity index (χ1v) is 7.66. The Morgan fingerprint density at radius 3 is 1.59 bits per heavy atom. The lowest BCUT2D eigenvalue weighted by Gasteiger charge is -2.04. The number of hydrogen-bond donors (Lipinski definition) is 1. The van der Waals surface area contributed by atoms with Gasteiger partial charge in [-0.3, -0.25) is 0 Å². The van der Waals surface area contributed by atoms with Crippen LogP contribution < -0.4 is 5.32 Å². The molecule has 1 heteroatoms. The van der Waals surface area contributed by atoms with E-state index in [0.29, 0.717) is 0 Å². The third kappa shape index (κ3) is 13.5. The summed E-state index contributed by atoms with van der Waals surface area (Å²) >= 11 is 0. The molecule has 0 aliphatic heterocycles. The Labute approximate surface area is 109 Å². The van der Waals surface area contributed by atoms with Crippen molar-refractivity contribution in [3.63, 3.8) is 0 Å². The molecule has 0 aliphatic rings. The molecule has 0 aromatic heterocycles. The first kappa shape index (κ1) is 16.5. The molecule has 0 aromatic carbocycles. The molecule has 0 rings (SSSR count). The number of unbranched alkanes of at least 4 members (excludes halogenated alkanes) is 10. The van der Waals surface area contributed by atoms with Crippen LogP contribution in [0.1, 0.15) is 84.0 Å². The van der Waals surface area contributed by atoms with Gasteiger partial charge >= 0.3 is 0 Å². The van der Waals surface area contributed by atoms with E-state index in [4.69, 9.17) is 0 Å². The molecule has 0 amide bonds. The van der Waals surface area contributed by atoms with Crippen molar-refractivity contribution >= 4 is 0 Å². The average molecular weight is 239 g/mol. The lowest BCUT2D eigenvalue weighted by molar-refractivity contribution is 0.548. The van der Waals surface area contributed by atoms with Crippen LogP contribution in [0.3, 0.4) is 0 Å². The second-order valence-corrected chi connectivity index (χ2v) is 5.14. The second kappa shape index (κ2) is 13.6. The van der Waals surface area contributed by atoms with Gasteiger partial charge < -0.3 is 5.32 Å². The van der Waals surface area contributed by atoms with E-state index in [-0.39, 0.29) is 0 Å². The zero-order valence-corrected chi connectivity index (χ0v) is 12.2. The standard InChI is InChI=1S/C16H33N/c1-4-5-6-7-8-9-10-11-12-13-14-15-16(2)17-3/h17H,2,4-15H2,1,3H3. The number of hydrogen-bond acceptors (Lipinski definition) is 1. The Bertz CT molecular complexity index is 163. The van der Waals surface area contributed by atoms with E-state index < -0.39 is 0 Å². The highest BCUT2D eigenvalue weighted by atomic mass is 14.8. The minimum atomic E-state index is 1.15. The molecule has 1 N–H and O–H groups in total. The monoisotopic (exact) mass is 239 g/mol. The summed E-state index contributed by atoms with van der Waals surface area (Å²) in [5, 5.41) is 3.11. The maximum absolute atomic E-state index is 3.94. The van der Waals surface area contributed by atoms with Crippen LogP contribution in [0.2, 0.25) is 0 Å². The maximum atomic E-state index is 3.94. The number of nitrogens with one attached hydrogen (secondary N) is 1. The molecule has 0 saturated heterocycles. The SMILES string of the molecule is C=C(CCCCCCCCCCCCC)NC. The second-order valence-electron chi connectivity index (χ2n) is 5.14. The van der Waals surface area contributed by atoms with E-state index in [1.807, 2.05) is 7.05 Å². The molecule has 0 heterocycles. The first-order chi connectivity index (χ1) is 8.31. The van der Waals surface area contributed by atoms with Crippen LogP contribution in [0.25, 0.3) is 0 Å². The number of rotatable bonds is 13. The fraction of sp³-hybridized carbons (Fsp3) is 0.875. The van der Waals surface area contributed by atoms with Gasteiger partial charge in [-0.2, -0.15) is 0 Å². The van der Waals surface area contributed by atoms with Crippen LogP contribution in [-0.2, 0) is 0 Å². The molecule has 0 atom stereocenters. The van der Waals surface area contributed by atoms with E-state index >= 15 is 0 Å². The van der Waals surface area contributed by atoms with Crippen LogP contribution in [-0.4, -0.2) is 7.05 Å². The van der Waals surface area contributed by atoms with Gasteiger partial charge in [0.2, 0.25) is 0 Å². The van der Waals surface area contributed by atoms with Crippen molar-refractivity contribution in [2.45, 2.75) is 84.0 Å². The highest BCUT2D eigenvalue weighted by molar-refractivity contribution is 4.88. The lowest BCUT2D eigenvalue weighted by atomic mass is 10.0. The molecule has 1 nitrogen and oxygen atoms in total. The highest BCUT2D eigenvalue weighted by Crippen LogP contribution is 2.12. The van der Waals surface area contributed by atoms with Crippen molar-refractivity contribution in [2.24, 2.45) is 0 Å². The van der Waals surface area contributed by atoms with Crippen molar-refractivity contribution in [1.29, 1.82) is 0 Å². The van der Waals surface area contributed by atoms with Crippen molar-refractivity contribution in [2.75, 3.05) is 7.05 Å². The lowest BCUT2D eigenvalue weighted by Crippen LogP contribution is -2.03. The minimum absolute atomic E-state index is 1.15. The van der Waals surface area contributed by atoms with E-state index in [9.17, 15) is 0 Å². The van der Waals surface area contributed by atoms with E-state index in [1.54, 1.807) is 0 Å². The Balaban J connectivity index is 2.96. The van der Waals surface area contributed by atoms with Crippen molar-refractivity contribution in [3.8, 4) is 0 Å². The van der Waals surface area contributed by atoms with Crippen LogP contribution in [0.15, 0.2) is 12.3 Å². The molecule has 0 aliphatic carbocycles. The molecular weight excluding hydrogens is 206 g/mol. The van der Waals surface area contributed by atoms with Crippen molar-refractivity contribution in [1.82, 2.24) is 5.32 Å². The fourth-order valence-corrected chi connectivity index (χ4v) is 2.13. The van der Waals surface area contributed by atoms with Crippen LogP contribution >= 0.6 is 0 Å². The molecule has 0 aromatic rings. The summed E-state index contributed by atoms with van der Waals surface area (Å²) in [6.45, 7) is 6.23. The predicted molar refractivity (Wildman–Crippen MR) is 79.3 cm³/mol. The molecule has 0 bridgehead atoms. The topological polar surface area (TPSA) is 12.0 Å². The maximum Gasteiger partial charge on any atom is 0.00310 e. The summed E-state index contributed by atoms with van der Waals surface area (Å²) in [5.41, 5.74) is 1.18. The van der Waals surface area contributed by atoms with Crippen LogP contribution in [0.5, 0.6) is 0 Å². The van der Waals surface area contributed by atoms with Gasteiger partial charge in [-0.05, 0) is 12.8 Å². The average Bonchev–Trinajstić information content (AvgIpc) is 2.35. The summed E-state index contributed by atoms with van der Waals surface area (Å²) < 4.78 is 0. The van der Waals surface area contributed by atoms with E-state index in [2.05, 4.69) is 18.8 Å². The normalized spacial score (nSPS) is 10.5. The molecule has 17 heavy (non-hydrogen) atoms. The Kier molecular flexibility index (Phi) is 13.2.